The molecule has 1 heterocycles. The van der Waals surface area contributed by atoms with Gasteiger partial charge in [-0.05, 0) is 18.9 Å². The summed E-state index contributed by atoms with van der Waals surface area (Å²) >= 11 is 0. The maximum Gasteiger partial charge on any atom is 0.375 e. The molecule has 0 bridgehead atoms. The molecule has 1 aliphatic rings. The Balaban J connectivity index is 1.67. The van der Waals surface area contributed by atoms with Crippen LogP contribution in [0.5, 0.6) is 0 Å². The van der Waals surface area contributed by atoms with E-state index in [9.17, 15) is 14.9 Å². The minimum Gasteiger partial charge on any atom is -0.450 e. The van der Waals surface area contributed by atoms with Gasteiger partial charge in [0.25, 0.3) is 5.91 Å². The Kier molecular flexibility index (Phi) is 5.77. The summed E-state index contributed by atoms with van der Waals surface area (Å²) in [5.74, 6) is -1.20. The highest BCUT2D eigenvalue weighted by Gasteiger charge is 2.34. The van der Waals surface area contributed by atoms with Gasteiger partial charge in [-0.2, -0.15) is 5.26 Å². The summed E-state index contributed by atoms with van der Waals surface area (Å²) in [5, 5.41) is 12.9. The first-order valence-electron chi connectivity index (χ1n) is 8.97. The summed E-state index contributed by atoms with van der Waals surface area (Å²) in [4.78, 5) is 24.6. The monoisotopic (exact) mass is 370 g/mol. The van der Waals surface area contributed by atoms with Gasteiger partial charge in [-0.15, -0.1) is 0 Å². The van der Waals surface area contributed by atoms with E-state index < -0.39 is 24.0 Å². The third-order valence-electron chi connectivity index (χ3n) is 4.81. The summed E-state index contributed by atoms with van der Waals surface area (Å²) in [5.41, 5.74) is 0.272. The molecule has 1 saturated carbocycles. The average Bonchev–Trinajstić information content (AvgIpc) is 3.06. The lowest BCUT2D eigenvalue weighted by molar-refractivity contribution is -0.126. The van der Waals surface area contributed by atoms with Gasteiger partial charge < -0.3 is 19.2 Å². The molecule has 0 saturated heterocycles. The van der Waals surface area contributed by atoms with Crippen LogP contribution in [0.25, 0.3) is 11.0 Å². The number of nitrogens with zero attached hydrogens (tertiary/aromatic N) is 1. The second-order valence-corrected chi connectivity index (χ2v) is 6.72. The van der Waals surface area contributed by atoms with Gasteiger partial charge in [-0.25, -0.2) is 4.79 Å². The number of ether oxygens (including phenoxy) is 2. The Bertz CT molecular complexity index is 874. The molecule has 1 fully saturated rings. The lowest BCUT2D eigenvalue weighted by Crippen LogP contribution is -2.50. The maximum absolute atomic E-state index is 12.4. The van der Waals surface area contributed by atoms with Gasteiger partial charge in [0.15, 0.2) is 6.61 Å². The minimum absolute atomic E-state index is 0.0264. The molecule has 1 aromatic heterocycles. The van der Waals surface area contributed by atoms with E-state index in [1.54, 1.807) is 12.1 Å². The lowest BCUT2D eigenvalue weighted by Gasteiger charge is -2.31. The number of hydrogen-bond acceptors (Lipinski definition) is 6. The first kappa shape index (κ1) is 18.9. The fourth-order valence-electron chi connectivity index (χ4n) is 3.47. The van der Waals surface area contributed by atoms with E-state index >= 15 is 0 Å². The quantitative estimate of drug-likeness (QED) is 0.784. The Hall–Kier alpha value is -2.85. The minimum atomic E-state index is -0.859. The van der Waals surface area contributed by atoms with Crippen molar-refractivity contribution in [3.63, 3.8) is 0 Å². The number of furan rings is 1. The molecule has 1 aliphatic carbocycles. The van der Waals surface area contributed by atoms with Crippen LogP contribution in [0.1, 0.15) is 48.2 Å². The van der Waals surface area contributed by atoms with Gasteiger partial charge in [0, 0.05) is 18.1 Å². The van der Waals surface area contributed by atoms with Crippen LogP contribution in [0.2, 0.25) is 0 Å². The molecule has 1 aromatic carbocycles. The van der Waals surface area contributed by atoms with Gasteiger partial charge in [0.1, 0.15) is 11.1 Å². The Morgan fingerprint density at radius 2 is 2.00 bits per heavy atom. The van der Waals surface area contributed by atoms with E-state index in [1.165, 1.54) is 7.11 Å². The number of hydrogen-bond donors (Lipinski definition) is 1. The summed E-state index contributed by atoms with van der Waals surface area (Å²) < 4.78 is 15.9. The molecular formula is C20H22N2O5. The highest BCUT2D eigenvalue weighted by atomic mass is 16.5. The number of para-hydroxylation sites is 1. The van der Waals surface area contributed by atoms with Crippen molar-refractivity contribution >= 4 is 22.8 Å². The van der Waals surface area contributed by atoms with Crippen LogP contribution in [0.4, 0.5) is 0 Å². The first-order chi connectivity index (χ1) is 13.1. The summed E-state index contributed by atoms with van der Waals surface area (Å²) in [6.45, 7) is -0.281. The SMILES string of the molecule is COCc1c(C(=O)OCC(=O)NC2(C#N)CCCCC2)oc2ccccc12. The van der Waals surface area contributed by atoms with E-state index in [4.69, 9.17) is 13.9 Å². The zero-order valence-electron chi connectivity index (χ0n) is 15.2. The predicted molar refractivity (Wildman–Crippen MR) is 96.8 cm³/mol. The molecular weight excluding hydrogens is 348 g/mol. The van der Waals surface area contributed by atoms with Crippen molar-refractivity contribution in [2.24, 2.45) is 0 Å². The molecule has 7 nitrogen and oxygen atoms in total. The Labute approximate surface area is 157 Å². The second kappa shape index (κ2) is 8.23. The normalized spacial score (nSPS) is 15.9. The van der Waals surface area contributed by atoms with Crippen LogP contribution in [0.15, 0.2) is 28.7 Å². The second-order valence-electron chi connectivity index (χ2n) is 6.72. The zero-order valence-corrected chi connectivity index (χ0v) is 15.2. The fourth-order valence-corrected chi connectivity index (χ4v) is 3.47. The molecule has 27 heavy (non-hydrogen) atoms. The molecule has 0 radical (unpaired) electrons. The molecule has 0 aliphatic heterocycles. The van der Waals surface area contributed by atoms with Gasteiger partial charge in [-0.3, -0.25) is 4.79 Å². The van der Waals surface area contributed by atoms with Gasteiger partial charge in [-0.1, -0.05) is 37.5 Å². The molecule has 1 amide bonds. The maximum atomic E-state index is 12.4. The molecule has 0 spiro atoms. The van der Waals surface area contributed by atoms with Crippen molar-refractivity contribution < 1.29 is 23.5 Å². The van der Waals surface area contributed by atoms with E-state index in [0.717, 1.165) is 24.6 Å². The predicted octanol–water partition coefficient (Wildman–Crippen LogP) is 3.08. The van der Waals surface area contributed by atoms with Crippen molar-refractivity contribution in [3.05, 3.63) is 35.6 Å². The topological polar surface area (TPSA) is 102 Å². The number of esters is 1. The molecule has 3 rings (SSSR count). The fraction of sp³-hybridized carbons (Fsp3) is 0.450. The number of amides is 1. The van der Waals surface area contributed by atoms with Crippen molar-refractivity contribution in [2.45, 2.75) is 44.2 Å². The van der Waals surface area contributed by atoms with E-state index in [1.807, 2.05) is 12.1 Å². The smallest absolute Gasteiger partial charge is 0.375 e. The number of carbonyl (C=O) groups excluding carboxylic acids is 2. The highest BCUT2D eigenvalue weighted by molar-refractivity contribution is 5.96. The van der Waals surface area contributed by atoms with Crippen LogP contribution in [-0.4, -0.2) is 31.1 Å². The summed E-state index contributed by atoms with van der Waals surface area (Å²) in [7, 11) is 1.52. The van der Waals surface area contributed by atoms with Crippen LogP contribution >= 0.6 is 0 Å². The molecule has 7 heteroatoms. The van der Waals surface area contributed by atoms with Gasteiger partial charge in [0.2, 0.25) is 5.76 Å². The molecule has 142 valence electrons. The number of benzene rings is 1. The number of nitrogens with one attached hydrogen (secondary N) is 1. The van der Waals surface area contributed by atoms with Gasteiger partial charge in [0.05, 0.1) is 12.7 Å². The molecule has 2 aromatic rings. The van der Waals surface area contributed by atoms with Crippen LogP contribution in [-0.2, 0) is 20.9 Å². The molecule has 1 N–H and O–H groups in total. The summed E-state index contributed by atoms with van der Waals surface area (Å²) in [6.07, 6.45) is 4.08. The number of methoxy groups -OCH3 is 1. The molecule has 0 atom stereocenters. The van der Waals surface area contributed by atoms with E-state index in [-0.39, 0.29) is 12.4 Å². The van der Waals surface area contributed by atoms with Crippen molar-refractivity contribution in [2.75, 3.05) is 13.7 Å². The zero-order chi connectivity index (χ0) is 19.3. The lowest BCUT2D eigenvalue weighted by atomic mass is 9.83. The Morgan fingerprint density at radius 3 is 2.70 bits per heavy atom. The van der Waals surface area contributed by atoms with E-state index in [2.05, 4.69) is 11.4 Å². The highest BCUT2D eigenvalue weighted by Crippen LogP contribution is 2.28. The number of fused-ring (bicyclic) bond motifs is 1. The van der Waals surface area contributed by atoms with Gasteiger partial charge >= 0.3 is 5.97 Å². The van der Waals surface area contributed by atoms with Crippen LogP contribution in [0, 0.1) is 11.3 Å². The third-order valence-corrected chi connectivity index (χ3v) is 4.81. The van der Waals surface area contributed by atoms with Crippen LogP contribution < -0.4 is 5.32 Å². The van der Waals surface area contributed by atoms with Crippen molar-refractivity contribution in [1.29, 1.82) is 5.26 Å². The standard InChI is InChI=1S/C20H22N2O5/c1-25-11-15-14-7-3-4-8-16(14)27-18(15)19(24)26-12-17(23)22-20(13-21)9-5-2-6-10-20/h3-4,7-8H,2,5-6,9-12H2,1H3,(H,22,23). The number of carbonyl (C=O) groups is 2. The van der Waals surface area contributed by atoms with Crippen LogP contribution in [0.3, 0.4) is 0 Å². The summed E-state index contributed by atoms with van der Waals surface area (Å²) in [6, 6.07) is 9.42. The van der Waals surface area contributed by atoms with Crippen molar-refractivity contribution in [3.8, 4) is 6.07 Å². The van der Waals surface area contributed by atoms with E-state index in [0.29, 0.717) is 24.0 Å². The average molecular weight is 370 g/mol. The number of nitriles is 1. The Morgan fingerprint density at radius 1 is 1.26 bits per heavy atom. The largest absolute Gasteiger partial charge is 0.450 e. The third kappa shape index (κ3) is 4.12. The number of rotatable bonds is 6. The first-order valence-corrected chi connectivity index (χ1v) is 8.97. The van der Waals surface area contributed by atoms with Crippen molar-refractivity contribution in [1.82, 2.24) is 5.32 Å². The molecule has 0 unspecified atom stereocenters.